The molecule has 1 saturated heterocycles. The molecule has 0 radical (unpaired) electrons. The molecule has 1 aromatic carbocycles. The summed E-state index contributed by atoms with van der Waals surface area (Å²) in [4.78, 5) is 12.9. The molecule has 0 bridgehead atoms. The normalized spacial score (nSPS) is 22.1. The van der Waals surface area contributed by atoms with Crippen molar-refractivity contribution in [3.8, 4) is 0 Å². The maximum absolute atomic E-state index is 11.1. The lowest BCUT2D eigenvalue weighted by atomic mass is 10.1. The quantitative estimate of drug-likeness (QED) is 0.667. The van der Waals surface area contributed by atoms with Gasteiger partial charge in [0.25, 0.3) is 5.69 Å². The molecule has 0 spiro atoms. The van der Waals surface area contributed by atoms with Crippen LogP contribution in [0.3, 0.4) is 0 Å². The summed E-state index contributed by atoms with van der Waals surface area (Å²) in [5, 5.41) is 14.4. The van der Waals surface area contributed by atoms with Crippen LogP contribution in [0, 0.1) is 10.1 Å². The van der Waals surface area contributed by atoms with E-state index in [9.17, 15) is 10.1 Å². The van der Waals surface area contributed by atoms with Crippen LogP contribution >= 0.6 is 0 Å². The summed E-state index contributed by atoms with van der Waals surface area (Å²) < 4.78 is 5.72. The van der Waals surface area contributed by atoms with Crippen molar-refractivity contribution in [2.24, 2.45) is 0 Å². The molecular formula is C15H23N3O3. The predicted octanol–water partition coefficient (Wildman–Crippen LogP) is 3.03. The van der Waals surface area contributed by atoms with E-state index >= 15 is 0 Å². The van der Waals surface area contributed by atoms with Crippen molar-refractivity contribution in [3.05, 3.63) is 28.3 Å². The van der Waals surface area contributed by atoms with E-state index in [-0.39, 0.29) is 22.8 Å². The first-order valence-corrected chi connectivity index (χ1v) is 7.43. The molecule has 0 unspecified atom stereocenters. The highest BCUT2D eigenvalue weighted by Crippen LogP contribution is 2.29. The first-order chi connectivity index (χ1) is 9.99. The first-order valence-electron chi connectivity index (χ1n) is 7.43. The number of nitrogens with one attached hydrogen (secondary N) is 1. The summed E-state index contributed by atoms with van der Waals surface area (Å²) in [5.74, 6) is 0. The van der Waals surface area contributed by atoms with E-state index in [1.165, 1.54) is 0 Å². The largest absolute Gasteiger partial charge is 0.385 e. The Morgan fingerprint density at radius 2 is 2.00 bits per heavy atom. The van der Waals surface area contributed by atoms with Crippen molar-refractivity contribution < 1.29 is 9.66 Å². The van der Waals surface area contributed by atoms with E-state index in [0.29, 0.717) is 0 Å². The van der Waals surface area contributed by atoms with Gasteiger partial charge in [-0.05, 0) is 26.3 Å². The Morgan fingerprint density at radius 1 is 1.33 bits per heavy atom. The van der Waals surface area contributed by atoms with Crippen LogP contribution in [-0.4, -0.2) is 36.8 Å². The Balaban J connectivity index is 2.28. The van der Waals surface area contributed by atoms with Crippen molar-refractivity contribution in [1.29, 1.82) is 0 Å². The van der Waals surface area contributed by atoms with E-state index in [1.807, 2.05) is 19.9 Å². The number of nitro groups is 1. The van der Waals surface area contributed by atoms with Gasteiger partial charge in [-0.1, -0.05) is 6.92 Å². The smallest absolute Gasteiger partial charge is 0.273 e. The van der Waals surface area contributed by atoms with E-state index < -0.39 is 0 Å². The van der Waals surface area contributed by atoms with Gasteiger partial charge in [-0.2, -0.15) is 0 Å². The fourth-order valence-electron chi connectivity index (χ4n) is 2.64. The van der Waals surface area contributed by atoms with Crippen LogP contribution in [-0.2, 0) is 4.74 Å². The molecular weight excluding hydrogens is 270 g/mol. The monoisotopic (exact) mass is 293 g/mol. The summed E-state index contributed by atoms with van der Waals surface area (Å²) in [7, 11) is 0. The maximum Gasteiger partial charge on any atom is 0.273 e. The average molecular weight is 293 g/mol. The number of nitrogens with zero attached hydrogens (tertiary/aromatic N) is 2. The number of anilines is 2. The predicted molar refractivity (Wildman–Crippen MR) is 84.1 cm³/mol. The Kier molecular flexibility index (Phi) is 5.01. The molecule has 0 amide bonds. The molecule has 1 heterocycles. The number of benzene rings is 1. The van der Waals surface area contributed by atoms with Gasteiger partial charge in [-0.3, -0.25) is 10.1 Å². The second-order valence-electron chi connectivity index (χ2n) is 5.58. The van der Waals surface area contributed by atoms with Crippen LogP contribution in [0.1, 0.15) is 27.2 Å². The zero-order chi connectivity index (χ0) is 15.4. The van der Waals surface area contributed by atoms with Gasteiger partial charge < -0.3 is 15.0 Å². The standard InChI is InChI=1S/C15H23N3O3/c1-4-5-16-13-6-14(8-15(7-13)18(19)20)17-9-11(2)21-12(3)10-17/h6-8,11-12,16H,4-5,9-10H2,1-3H3/t11-,12+. The highest BCUT2D eigenvalue weighted by Gasteiger charge is 2.24. The Hall–Kier alpha value is -1.82. The molecule has 6 heteroatoms. The van der Waals surface area contributed by atoms with Crippen molar-refractivity contribution in [1.82, 2.24) is 0 Å². The molecule has 0 aliphatic carbocycles. The lowest BCUT2D eigenvalue weighted by Crippen LogP contribution is -2.45. The molecule has 1 fully saturated rings. The minimum atomic E-state index is -0.339. The summed E-state index contributed by atoms with van der Waals surface area (Å²) in [5.41, 5.74) is 1.80. The molecule has 1 aliphatic rings. The molecule has 2 rings (SSSR count). The zero-order valence-corrected chi connectivity index (χ0v) is 12.8. The summed E-state index contributed by atoms with van der Waals surface area (Å²) in [6, 6.07) is 5.21. The third-order valence-electron chi connectivity index (χ3n) is 3.48. The van der Waals surface area contributed by atoms with Crippen LogP contribution in [0.4, 0.5) is 17.1 Å². The van der Waals surface area contributed by atoms with Crippen molar-refractivity contribution in [2.75, 3.05) is 29.9 Å². The molecule has 6 nitrogen and oxygen atoms in total. The number of hydrogen-bond acceptors (Lipinski definition) is 5. The average Bonchev–Trinajstić information content (AvgIpc) is 2.43. The second kappa shape index (κ2) is 6.76. The highest BCUT2D eigenvalue weighted by atomic mass is 16.6. The number of ether oxygens (including phenoxy) is 1. The van der Waals surface area contributed by atoms with E-state index in [2.05, 4.69) is 17.1 Å². The van der Waals surface area contributed by atoms with E-state index in [0.717, 1.165) is 37.4 Å². The van der Waals surface area contributed by atoms with Gasteiger partial charge in [-0.15, -0.1) is 0 Å². The van der Waals surface area contributed by atoms with Crippen molar-refractivity contribution in [2.45, 2.75) is 39.4 Å². The number of morpholine rings is 1. The second-order valence-corrected chi connectivity index (χ2v) is 5.58. The van der Waals surface area contributed by atoms with Gasteiger partial charge in [0.2, 0.25) is 0 Å². The van der Waals surface area contributed by atoms with E-state index in [1.54, 1.807) is 12.1 Å². The SMILES string of the molecule is CCCNc1cc(N2C[C@@H](C)O[C@@H](C)C2)cc([N+](=O)[O-])c1. The Labute approximate surface area is 125 Å². The van der Waals surface area contributed by atoms with Crippen LogP contribution < -0.4 is 10.2 Å². The highest BCUT2D eigenvalue weighted by molar-refractivity contribution is 5.64. The van der Waals surface area contributed by atoms with Crippen LogP contribution in [0.2, 0.25) is 0 Å². The lowest BCUT2D eigenvalue weighted by molar-refractivity contribution is -0.384. The van der Waals surface area contributed by atoms with Gasteiger partial charge in [0.1, 0.15) is 0 Å². The molecule has 0 aromatic heterocycles. The number of non-ortho nitro benzene ring substituents is 1. The van der Waals surface area contributed by atoms with Crippen LogP contribution in [0.25, 0.3) is 0 Å². The molecule has 0 saturated carbocycles. The summed E-state index contributed by atoms with van der Waals surface area (Å²) in [6.45, 7) is 8.41. The number of hydrogen-bond donors (Lipinski definition) is 1. The molecule has 21 heavy (non-hydrogen) atoms. The molecule has 1 aromatic rings. The molecule has 116 valence electrons. The van der Waals surface area contributed by atoms with Crippen LogP contribution in [0.5, 0.6) is 0 Å². The van der Waals surface area contributed by atoms with Gasteiger partial charge in [0.15, 0.2) is 0 Å². The lowest BCUT2D eigenvalue weighted by Gasteiger charge is -2.36. The Bertz CT molecular complexity index is 497. The van der Waals surface area contributed by atoms with Gasteiger partial charge >= 0.3 is 0 Å². The van der Waals surface area contributed by atoms with Gasteiger partial charge in [0.05, 0.1) is 17.1 Å². The maximum atomic E-state index is 11.1. The fourth-order valence-corrected chi connectivity index (χ4v) is 2.64. The number of nitro benzene ring substituents is 1. The zero-order valence-electron chi connectivity index (χ0n) is 12.8. The topological polar surface area (TPSA) is 67.6 Å². The number of rotatable bonds is 5. The summed E-state index contributed by atoms with van der Waals surface area (Å²) >= 11 is 0. The molecule has 1 aliphatic heterocycles. The molecule has 2 atom stereocenters. The minimum absolute atomic E-state index is 0.123. The first kappa shape index (κ1) is 15.6. The summed E-state index contributed by atoms with van der Waals surface area (Å²) in [6.07, 6.45) is 1.23. The van der Waals surface area contributed by atoms with Gasteiger partial charge in [0, 0.05) is 43.1 Å². The fraction of sp³-hybridized carbons (Fsp3) is 0.600. The van der Waals surface area contributed by atoms with E-state index in [4.69, 9.17) is 4.74 Å². The minimum Gasteiger partial charge on any atom is -0.385 e. The third-order valence-corrected chi connectivity index (χ3v) is 3.48. The van der Waals surface area contributed by atoms with Crippen molar-refractivity contribution in [3.63, 3.8) is 0 Å². The van der Waals surface area contributed by atoms with Crippen molar-refractivity contribution >= 4 is 17.1 Å². The Morgan fingerprint density at radius 3 is 2.57 bits per heavy atom. The molecule has 1 N–H and O–H groups in total. The van der Waals surface area contributed by atoms with Crippen LogP contribution in [0.15, 0.2) is 18.2 Å². The van der Waals surface area contributed by atoms with Gasteiger partial charge in [-0.25, -0.2) is 0 Å². The third kappa shape index (κ3) is 4.07.